The molecular weight excluding hydrogens is 408 g/mol. The minimum atomic E-state index is -0.372. The summed E-state index contributed by atoms with van der Waals surface area (Å²) in [4.78, 5) is 16.8. The fourth-order valence-corrected chi connectivity index (χ4v) is 4.11. The first-order valence-electron chi connectivity index (χ1n) is 8.50. The average molecular weight is 423 g/mol. The van der Waals surface area contributed by atoms with Crippen molar-refractivity contribution < 1.29 is 4.92 Å². The number of para-hydroxylation sites is 1. The number of pyridine rings is 1. The van der Waals surface area contributed by atoms with Crippen LogP contribution >= 0.6 is 24.2 Å². The van der Waals surface area contributed by atoms with Gasteiger partial charge in [0.1, 0.15) is 0 Å². The third kappa shape index (κ3) is 4.24. The van der Waals surface area contributed by atoms with Gasteiger partial charge in [-0.3, -0.25) is 15.1 Å². The van der Waals surface area contributed by atoms with Crippen molar-refractivity contribution in [2.24, 2.45) is 0 Å². The summed E-state index contributed by atoms with van der Waals surface area (Å²) in [5, 5.41) is 21.6. The van der Waals surface area contributed by atoms with Gasteiger partial charge in [-0.1, -0.05) is 36.0 Å². The molecule has 0 aliphatic carbocycles. The van der Waals surface area contributed by atoms with E-state index in [1.54, 1.807) is 30.5 Å². The highest BCUT2D eigenvalue weighted by Gasteiger charge is 2.17. The Balaban J connectivity index is 0.00000240. The second-order valence-electron chi connectivity index (χ2n) is 6.11. The highest BCUT2D eigenvalue weighted by molar-refractivity contribution is 7.99. The van der Waals surface area contributed by atoms with Gasteiger partial charge < -0.3 is 4.57 Å². The number of rotatable bonds is 5. The fraction of sp³-hybridized carbons (Fsp3) is 0.0476. The van der Waals surface area contributed by atoms with Gasteiger partial charge in [-0.25, -0.2) is 0 Å². The van der Waals surface area contributed by atoms with E-state index in [2.05, 4.69) is 11.1 Å². The van der Waals surface area contributed by atoms with Gasteiger partial charge in [-0.05, 0) is 30.3 Å². The second-order valence-corrected chi connectivity index (χ2v) is 7.20. The van der Waals surface area contributed by atoms with Crippen LogP contribution in [0.4, 0.5) is 5.69 Å². The molecule has 0 aliphatic rings. The molecule has 0 atom stereocenters. The van der Waals surface area contributed by atoms with Crippen molar-refractivity contribution >= 4 is 40.8 Å². The number of nitro groups is 1. The number of hydrogen-bond acceptors (Lipinski definition) is 5. The van der Waals surface area contributed by atoms with Gasteiger partial charge >= 0.3 is 0 Å². The molecule has 0 N–H and O–H groups in total. The largest absolute Gasteiger partial charge is 0.340 e. The summed E-state index contributed by atoms with van der Waals surface area (Å²) in [6.07, 6.45) is 3.70. The number of nitro benzene ring substituents is 1. The van der Waals surface area contributed by atoms with E-state index < -0.39 is 0 Å². The second kappa shape index (κ2) is 8.78. The van der Waals surface area contributed by atoms with Gasteiger partial charge in [0, 0.05) is 28.7 Å². The summed E-state index contributed by atoms with van der Waals surface area (Å²) in [5.74, 6) is 0. The van der Waals surface area contributed by atoms with Crippen molar-refractivity contribution in [3.8, 4) is 6.07 Å². The van der Waals surface area contributed by atoms with E-state index >= 15 is 0 Å². The first kappa shape index (κ1) is 20.4. The molecule has 0 bridgehead atoms. The number of hydrogen-bond donors (Lipinski definition) is 0. The summed E-state index contributed by atoms with van der Waals surface area (Å²) in [6, 6.07) is 20.1. The zero-order chi connectivity index (χ0) is 19.5. The van der Waals surface area contributed by atoms with E-state index in [1.807, 2.05) is 41.1 Å². The van der Waals surface area contributed by atoms with E-state index in [1.165, 1.54) is 17.8 Å². The first-order valence-corrected chi connectivity index (χ1v) is 9.31. The van der Waals surface area contributed by atoms with Crippen LogP contribution in [-0.4, -0.2) is 14.5 Å². The Labute approximate surface area is 177 Å². The minimum Gasteiger partial charge on any atom is -0.340 e. The van der Waals surface area contributed by atoms with Gasteiger partial charge in [-0.15, -0.1) is 12.4 Å². The zero-order valence-corrected chi connectivity index (χ0v) is 16.7. The van der Waals surface area contributed by atoms with Crippen molar-refractivity contribution in [1.29, 1.82) is 5.26 Å². The molecule has 29 heavy (non-hydrogen) atoms. The lowest BCUT2D eigenvalue weighted by Crippen LogP contribution is -1.99. The van der Waals surface area contributed by atoms with Crippen LogP contribution in [0.15, 0.2) is 82.8 Å². The summed E-state index contributed by atoms with van der Waals surface area (Å²) in [5.41, 5.74) is 2.43. The maximum Gasteiger partial charge on any atom is 0.283 e. The molecule has 4 rings (SSSR count). The lowest BCUT2D eigenvalue weighted by molar-refractivity contribution is -0.387. The Hall–Kier alpha value is -3.34. The number of nitrogens with zero attached hydrogens (tertiary/aromatic N) is 4. The van der Waals surface area contributed by atoms with Crippen molar-refractivity contribution in [3.63, 3.8) is 0 Å². The molecule has 2 heterocycles. The van der Waals surface area contributed by atoms with Gasteiger partial charge in [0.05, 0.1) is 39.2 Å². The highest BCUT2D eigenvalue weighted by Crippen LogP contribution is 2.39. The SMILES string of the molecule is Cl.N#Cc1ccc2c(Sc3ccccc3[N+](=O)[O-])cn(Cc3ccccn3)c2c1. The molecule has 0 fully saturated rings. The lowest BCUT2D eigenvalue weighted by atomic mass is 10.2. The van der Waals surface area contributed by atoms with Gasteiger partial charge in [0.25, 0.3) is 5.69 Å². The third-order valence-electron chi connectivity index (χ3n) is 4.32. The molecular formula is C21H15ClN4O2S. The molecule has 0 spiro atoms. The predicted octanol–water partition coefficient (Wildman–Crippen LogP) is 5.44. The Morgan fingerprint density at radius 2 is 1.90 bits per heavy atom. The molecule has 2 aromatic carbocycles. The maximum absolute atomic E-state index is 11.3. The number of fused-ring (bicyclic) bond motifs is 1. The van der Waals surface area contributed by atoms with Crippen LogP contribution in [0.1, 0.15) is 11.3 Å². The van der Waals surface area contributed by atoms with Crippen LogP contribution < -0.4 is 0 Å². The van der Waals surface area contributed by atoms with Crippen molar-refractivity contribution in [3.05, 3.63) is 94.4 Å². The first-order chi connectivity index (χ1) is 13.7. The molecule has 0 amide bonds. The molecule has 4 aromatic rings. The van der Waals surface area contributed by atoms with Crippen LogP contribution in [0.25, 0.3) is 10.9 Å². The highest BCUT2D eigenvalue weighted by atomic mass is 35.5. The van der Waals surface area contributed by atoms with E-state index in [4.69, 9.17) is 0 Å². The van der Waals surface area contributed by atoms with Crippen LogP contribution in [0.2, 0.25) is 0 Å². The molecule has 0 unspecified atom stereocenters. The molecule has 0 saturated heterocycles. The molecule has 2 aromatic heterocycles. The summed E-state index contributed by atoms with van der Waals surface area (Å²) < 4.78 is 2.02. The average Bonchev–Trinajstić information content (AvgIpc) is 3.05. The minimum absolute atomic E-state index is 0. The van der Waals surface area contributed by atoms with E-state index in [9.17, 15) is 15.4 Å². The van der Waals surface area contributed by atoms with E-state index in [-0.39, 0.29) is 23.0 Å². The number of halogens is 1. The van der Waals surface area contributed by atoms with Crippen LogP contribution in [0, 0.1) is 21.4 Å². The molecule has 6 nitrogen and oxygen atoms in total. The van der Waals surface area contributed by atoms with Crippen LogP contribution in [0.5, 0.6) is 0 Å². The number of benzene rings is 2. The lowest BCUT2D eigenvalue weighted by Gasteiger charge is -2.04. The van der Waals surface area contributed by atoms with Crippen molar-refractivity contribution in [2.45, 2.75) is 16.3 Å². The van der Waals surface area contributed by atoms with E-state index in [0.717, 1.165) is 21.5 Å². The van der Waals surface area contributed by atoms with Crippen LogP contribution in [-0.2, 0) is 6.54 Å². The number of nitriles is 1. The van der Waals surface area contributed by atoms with Gasteiger partial charge in [0.2, 0.25) is 0 Å². The predicted molar refractivity (Wildman–Crippen MR) is 114 cm³/mol. The molecule has 8 heteroatoms. The summed E-state index contributed by atoms with van der Waals surface area (Å²) in [6.45, 7) is 0.545. The zero-order valence-electron chi connectivity index (χ0n) is 15.1. The molecule has 0 aliphatic heterocycles. The normalized spacial score (nSPS) is 10.3. The Kier molecular flexibility index (Phi) is 6.17. The van der Waals surface area contributed by atoms with Crippen molar-refractivity contribution in [2.75, 3.05) is 0 Å². The number of aromatic nitrogens is 2. The summed E-state index contributed by atoms with van der Waals surface area (Å²) in [7, 11) is 0. The smallest absolute Gasteiger partial charge is 0.283 e. The Morgan fingerprint density at radius 3 is 2.62 bits per heavy atom. The standard InChI is InChI=1S/C21H14N4O2S.ClH/c22-12-15-8-9-17-19(11-15)24(13-16-5-3-4-10-23-16)14-21(17)28-20-7-2-1-6-18(20)25(26)27;/h1-11,14H,13H2;1H. The Bertz CT molecular complexity index is 1220. The van der Waals surface area contributed by atoms with E-state index in [0.29, 0.717) is 17.0 Å². The molecule has 144 valence electrons. The monoisotopic (exact) mass is 422 g/mol. The van der Waals surface area contributed by atoms with Gasteiger partial charge in [-0.2, -0.15) is 5.26 Å². The maximum atomic E-state index is 11.3. The summed E-state index contributed by atoms with van der Waals surface area (Å²) >= 11 is 1.35. The fourth-order valence-electron chi connectivity index (χ4n) is 3.02. The quantitative estimate of drug-likeness (QED) is 0.316. The van der Waals surface area contributed by atoms with Crippen molar-refractivity contribution in [1.82, 2.24) is 9.55 Å². The topological polar surface area (TPSA) is 84.7 Å². The molecule has 0 saturated carbocycles. The molecule has 0 radical (unpaired) electrons. The van der Waals surface area contributed by atoms with Gasteiger partial charge in [0.15, 0.2) is 0 Å². The van der Waals surface area contributed by atoms with Crippen LogP contribution in [0.3, 0.4) is 0 Å². The third-order valence-corrected chi connectivity index (χ3v) is 5.43. The Morgan fingerprint density at radius 1 is 1.10 bits per heavy atom.